The van der Waals surface area contributed by atoms with Gasteiger partial charge in [-0.15, -0.1) is 6.58 Å². The van der Waals surface area contributed by atoms with E-state index in [-0.39, 0.29) is 13.0 Å². The predicted octanol–water partition coefficient (Wildman–Crippen LogP) is 0.404. The molecule has 0 aromatic carbocycles. The highest BCUT2D eigenvalue weighted by molar-refractivity contribution is 5.76. The summed E-state index contributed by atoms with van der Waals surface area (Å²) in [5.74, 6) is -0.445. The molecule has 1 atom stereocenters. The number of nitriles is 1. The van der Waals surface area contributed by atoms with E-state index < -0.39 is 16.9 Å². The molecule has 0 aromatic heterocycles. The van der Waals surface area contributed by atoms with Gasteiger partial charge >= 0.3 is 0 Å². The molecule has 0 aliphatic carbocycles. The molecule has 0 rings (SSSR count). The van der Waals surface area contributed by atoms with Crippen molar-refractivity contribution in [3.63, 3.8) is 0 Å². The molecule has 0 saturated heterocycles. The standard InChI is InChI=1S/C9H11N3O3/c1-2-6-11-9(13)7-8(12(14)15)4-3-5-10/h2-4,8H,1,6-7H2,(H,11,13)/b4-3+. The van der Waals surface area contributed by atoms with Crippen LogP contribution in [0.25, 0.3) is 0 Å². The zero-order valence-electron chi connectivity index (χ0n) is 8.05. The Morgan fingerprint density at radius 1 is 1.73 bits per heavy atom. The Hall–Kier alpha value is -2.16. The van der Waals surface area contributed by atoms with Gasteiger partial charge in [0.2, 0.25) is 11.9 Å². The van der Waals surface area contributed by atoms with E-state index in [0.717, 1.165) is 12.2 Å². The molecule has 0 radical (unpaired) electrons. The summed E-state index contributed by atoms with van der Waals surface area (Å²) in [4.78, 5) is 20.9. The summed E-state index contributed by atoms with van der Waals surface area (Å²) in [6.45, 7) is 3.66. The first kappa shape index (κ1) is 12.8. The van der Waals surface area contributed by atoms with Gasteiger partial charge < -0.3 is 5.32 Å². The van der Waals surface area contributed by atoms with Gasteiger partial charge in [0.05, 0.1) is 12.5 Å². The van der Waals surface area contributed by atoms with E-state index in [9.17, 15) is 14.9 Å². The van der Waals surface area contributed by atoms with Crippen molar-refractivity contribution in [2.45, 2.75) is 12.5 Å². The summed E-state index contributed by atoms with van der Waals surface area (Å²) in [5, 5.41) is 21.1. The first-order valence-electron chi connectivity index (χ1n) is 4.19. The summed E-state index contributed by atoms with van der Waals surface area (Å²) < 4.78 is 0. The van der Waals surface area contributed by atoms with Crippen molar-refractivity contribution >= 4 is 5.91 Å². The molecule has 6 nitrogen and oxygen atoms in total. The van der Waals surface area contributed by atoms with Crippen molar-refractivity contribution in [3.8, 4) is 6.07 Å². The molecule has 0 bridgehead atoms. The molecule has 15 heavy (non-hydrogen) atoms. The largest absolute Gasteiger partial charge is 0.352 e. The Labute approximate surface area is 87.0 Å². The molecule has 0 heterocycles. The highest BCUT2D eigenvalue weighted by Crippen LogP contribution is 1.99. The summed E-state index contributed by atoms with van der Waals surface area (Å²) in [5.41, 5.74) is 0. The Morgan fingerprint density at radius 2 is 2.40 bits per heavy atom. The summed E-state index contributed by atoms with van der Waals surface area (Å²) in [6.07, 6.45) is 3.28. The van der Waals surface area contributed by atoms with Crippen LogP contribution in [-0.2, 0) is 4.79 Å². The average Bonchev–Trinajstić information content (AvgIpc) is 2.20. The third kappa shape index (κ3) is 5.99. The monoisotopic (exact) mass is 209 g/mol. The van der Waals surface area contributed by atoms with Gasteiger partial charge in [-0.3, -0.25) is 14.9 Å². The van der Waals surface area contributed by atoms with Crippen LogP contribution in [0.2, 0.25) is 0 Å². The van der Waals surface area contributed by atoms with Gasteiger partial charge in [0.1, 0.15) is 0 Å². The molecule has 6 heteroatoms. The quantitative estimate of drug-likeness (QED) is 0.296. The van der Waals surface area contributed by atoms with E-state index in [1.807, 2.05) is 0 Å². The van der Waals surface area contributed by atoms with E-state index in [4.69, 9.17) is 5.26 Å². The average molecular weight is 209 g/mol. The van der Waals surface area contributed by atoms with Crippen molar-refractivity contribution in [1.82, 2.24) is 5.32 Å². The minimum absolute atomic E-state index is 0.269. The SMILES string of the molecule is C=CCNC(=O)CC(/C=C/C#N)[N+](=O)[O-]. The minimum Gasteiger partial charge on any atom is -0.352 e. The minimum atomic E-state index is -1.16. The lowest BCUT2D eigenvalue weighted by Crippen LogP contribution is -2.30. The van der Waals surface area contributed by atoms with E-state index in [2.05, 4.69) is 11.9 Å². The van der Waals surface area contributed by atoms with Crippen molar-refractivity contribution in [3.05, 3.63) is 34.9 Å². The molecule has 0 aliphatic heterocycles. The van der Waals surface area contributed by atoms with Crippen molar-refractivity contribution < 1.29 is 9.72 Å². The molecule has 0 fully saturated rings. The van der Waals surface area contributed by atoms with Crippen LogP contribution < -0.4 is 5.32 Å². The number of carbonyl (C=O) groups excluding carboxylic acids is 1. The number of carbonyl (C=O) groups is 1. The third-order valence-electron chi connectivity index (χ3n) is 1.50. The maximum atomic E-state index is 11.1. The molecule has 1 amide bonds. The molecule has 80 valence electrons. The predicted molar refractivity (Wildman–Crippen MR) is 53.4 cm³/mol. The van der Waals surface area contributed by atoms with Crippen LogP contribution in [0.1, 0.15) is 6.42 Å². The second kappa shape index (κ2) is 7.26. The van der Waals surface area contributed by atoms with Crippen LogP contribution in [0, 0.1) is 21.4 Å². The molecule has 0 spiro atoms. The fourth-order valence-corrected chi connectivity index (χ4v) is 0.815. The topological polar surface area (TPSA) is 96.0 Å². The fraction of sp³-hybridized carbons (Fsp3) is 0.333. The van der Waals surface area contributed by atoms with Gasteiger partial charge in [-0.05, 0) is 6.08 Å². The van der Waals surface area contributed by atoms with Gasteiger partial charge in [0, 0.05) is 17.5 Å². The fourth-order valence-electron chi connectivity index (χ4n) is 0.815. The Kier molecular flexibility index (Phi) is 6.22. The second-order valence-electron chi connectivity index (χ2n) is 2.64. The molecule has 0 aromatic rings. The highest BCUT2D eigenvalue weighted by Gasteiger charge is 2.20. The van der Waals surface area contributed by atoms with E-state index in [0.29, 0.717) is 0 Å². The molecule has 0 aliphatic rings. The molecule has 1 N–H and O–H groups in total. The molecule has 1 unspecified atom stereocenters. The second-order valence-corrected chi connectivity index (χ2v) is 2.64. The van der Waals surface area contributed by atoms with E-state index in [1.165, 1.54) is 6.08 Å². The molecular weight excluding hydrogens is 198 g/mol. The summed E-state index contributed by atoms with van der Waals surface area (Å²) in [6, 6.07) is 0.479. The van der Waals surface area contributed by atoms with Gasteiger partial charge in [-0.2, -0.15) is 5.26 Å². The Bertz CT molecular complexity index is 317. The Morgan fingerprint density at radius 3 is 2.87 bits per heavy atom. The van der Waals surface area contributed by atoms with Crippen LogP contribution in [0.15, 0.2) is 24.8 Å². The van der Waals surface area contributed by atoms with Gasteiger partial charge in [0.25, 0.3) is 0 Å². The van der Waals surface area contributed by atoms with Crippen LogP contribution in [-0.4, -0.2) is 23.4 Å². The lowest BCUT2D eigenvalue weighted by molar-refractivity contribution is -0.508. The van der Waals surface area contributed by atoms with Gasteiger partial charge in [0.15, 0.2) is 0 Å². The molecular formula is C9H11N3O3. The summed E-state index contributed by atoms with van der Waals surface area (Å²) in [7, 11) is 0. The van der Waals surface area contributed by atoms with Crippen LogP contribution in [0.4, 0.5) is 0 Å². The lowest BCUT2D eigenvalue weighted by atomic mass is 10.2. The van der Waals surface area contributed by atoms with E-state index >= 15 is 0 Å². The van der Waals surface area contributed by atoms with Gasteiger partial charge in [-0.25, -0.2) is 0 Å². The maximum Gasteiger partial charge on any atom is 0.241 e. The normalized spacial score (nSPS) is 11.7. The first-order valence-corrected chi connectivity index (χ1v) is 4.19. The number of amides is 1. The van der Waals surface area contributed by atoms with Crippen molar-refractivity contribution in [1.29, 1.82) is 5.26 Å². The summed E-state index contributed by atoms with van der Waals surface area (Å²) >= 11 is 0. The van der Waals surface area contributed by atoms with Crippen LogP contribution >= 0.6 is 0 Å². The lowest BCUT2D eigenvalue weighted by Gasteiger charge is -2.04. The highest BCUT2D eigenvalue weighted by atomic mass is 16.6. The number of hydrogen-bond acceptors (Lipinski definition) is 4. The smallest absolute Gasteiger partial charge is 0.241 e. The third-order valence-corrected chi connectivity index (χ3v) is 1.50. The number of rotatable bonds is 6. The van der Waals surface area contributed by atoms with Crippen LogP contribution in [0.5, 0.6) is 0 Å². The number of nitrogens with zero attached hydrogens (tertiary/aromatic N) is 2. The number of nitrogens with one attached hydrogen (secondary N) is 1. The number of hydrogen-bond donors (Lipinski definition) is 1. The van der Waals surface area contributed by atoms with E-state index in [1.54, 1.807) is 6.07 Å². The van der Waals surface area contributed by atoms with Crippen molar-refractivity contribution in [2.24, 2.45) is 0 Å². The number of nitro groups is 1. The molecule has 0 saturated carbocycles. The van der Waals surface area contributed by atoms with Crippen LogP contribution in [0.3, 0.4) is 0 Å². The van der Waals surface area contributed by atoms with Crippen molar-refractivity contribution in [2.75, 3.05) is 6.54 Å². The maximum absolute atomic E-state index is 11.1. The zero-order chi connectivity index (χ0) is 11.7. The first-order chi connectivity index (χ1) is 7.11. The van der Waals surface area contributed by atoms with Gasteiger partial charge in [-0.1, -0.05) is 6.08 Å². The zero-order valence-corrected chi connectivity index (χ0v) is 8.05. The number of allylic oxidation sites excluding steroid dienone is 1. The Balaban J connectivity index is 4.23.